The molecule has 2 heterocycles. The summed E-state index contributed by atoms with van der Waals surface area (Å²) in [5.41, 5.74) is 2.60. The van der Waals surface area contributed by atoms with Crippen LogP contribution in [0.4, 0.5) is 0 Å². The second-order valence-electron chi connectivity index (χ2n) is 7.30. The van der Waals surface area contributed by atoms with Gasteiger partial charge in [0.25, 0.3) is 0 Å². The van der Waals surface area contributed by atoms with Gasteiger partial charge >= 0.3 is 0 Å². The Hall–Kier alpha value is -2.34. The Labute approximate surface area is 171 Å². The topological polar surface area (TPSA) is 56.7 Å². The fourth-order valence-corrected chi connectivity index (χ4v) is 4.28. The van der Waals surface area contributed by atoms with E-state index in [1.54, 1.807) is 11.3 Å². The summed E-state index contributed by atoms with van der Waals surface area (Å²) >= 11 is 1.80. The van der Waals surface area contributed by atoms with Crippen molar-refractivity contribution in [1.82, 2.24) is 15.5 Å². The molecule has 0 saturated carbocycles. The quantitative estimate of drug-likeness (QED) is 0.557. The lowest BCUT2D eigenvalue weighted by Crippen LogP contribution is -2.41. The number of thiophene rings is 1. The third-order valence-electron chi connectivity index (χ3n) is 4.95. The van der Waals surface area contributed by atoms with Crippen LogP contribution in [0, 0.1) is 5.92 Å². The first-order valence-corrected chi connectivity index (χ1v) is 10.9. The average Bonchev–Trinajstić information content (AvgIpc) is 3.22. The van der Waals surface area contributed by atoms with Gasteiger partial charge in [-0.05, 0) is 48.3 Å². The van der Waals surface area contributed by atoms with Crippen LogP contribution >= 0.6 is 11.3 Å². The summed E-state index contributed by atoms with van der Waals surface area (Å²) in [6.07, 6.45) is 1.97. The van der Waals surface area contributed by atoms with Crippen molar-refractivity contribution in [3.8, 4) is 0 Å². The van der Waals surface area contributed by atoms with Crippen molar-refractivity contribution in [1.29, 1.82) is 0 Å². The van der Waals surface area contributed by atoms with Crippen molar-refractivity contribution in [2.75, 3.05) is 26.2 Å². The molecule has 1 aromatic carbocycles. The standard InChI is InChI=1S/C22H30N4OS/c1-3-23-22(24-14-17(2)13-20-9-6-12-28-20)25-15-21(27)26-11-10-18-7-4-5-8-19(18)16-26/h4-9,12,17H,3,10-11,13-16H2,1-2H3,(H2,23,24,25). The van der Waals surface area contributed by atoms with Crippen LogP contribution in [0.5, 0.6) is 0 Å². The first kappa shape index (κ1) is 20.4. The lowest BCUT2D eigenvalue weighted by atomic mass is 10.00. The third-order valence-corrected chi connectivity index (χ3v) is 5.85. The third kappa shape index (κ3) is 5.83. The minimum Gasteiger partial charge on any atom is -0.357 e. The molecule has 0 radical (unpaired) electrons. The second-order valence-corrected chi connectivity index (χ2v) is 8.33. The van der Waals surface area contributed by atoms with Gasteiger partial charge < -0.3 is 15.5 Å². The maximum absolute atomic E-state index is 12.6. The molecule has 0 fully saturated rings. The normalized spacial score (nSPS) is 15.1. The van der Waals surface area contributed by atoms with E-state index in [9.17, 15) is 4.79 Å². The zero-order valence-electron chi connectivity index (χ0n) is 16.8. The van der Waals surface area contributed by atoms with Crippen molar-refractivity contribution in [3.63, 3.8) is 0 Å². The molecule has 28 heavy (non-hydrogen) atoms. The number of hydrogen-bond acceptors (Lipinski definition) is 3. The van der Waals surface area contributed by atoms with Crippen molar-refractivity contribution in [2.45, 2.75) is 33.2 Å². The zero-order chi connectivity index (χ0) is 19.8. The van der Waals surface area contributed by atoms with E-state index in [1.807, 2.05) is 17.9 Å². The van der Waals surface area contributed by atoms with E-state index in [0.717, 1.165) is 32.5 Å². The highest BCUT2D eigenvalue weighted by Gasteiger charge is 2.20. The van der Waals surface area contributed by atoms with E-state index < -0.39 is 0 Å². The Morgan fingerprint density at radius 2 is 2.04 bits per heavy atom. The molecule has 1 aromatic heterocycles. The number of rotatable bonds is 7. The minimum atomic E-state index is 0.0818. The maximum atomic E-state index is 12.6. The minimum absolute atomic E-state index is 0.0818. The van der Waals surface area contributed by atoms with E-state index in [-0.39, 0.29) is 12.5 Å². The summed E-state index contributed by atoms with van der Waals surface area (Å²) in [7, 11) is 0. The Morgan fingerprint density at radius 1 is 1.21 bits per heavy atom. The van der Waals surface area contributed by atoms with Gasteiger partial charge in [-0.1, -0.05) is 37.3 Å². The highest BCUT2D eigenvalue weighted by molar-refractivity contribution is 7.09. The zero-order valence-corrected chi connectivity index (χ0v) is 17.6. The van der Waals surface area contributed by atoms with Crippen LogP contribution in [-0.2, 0) is 24.2 Å². The van der Waals surface area contributed by atoms with E-state index in [4.69, 9.17) is 0 Å². The molecule has 1 aliphatic heterocycles. The number of nitrogens with one attached hydrogen (secondary N) is 2. The van der Waals surface area contributed by atoms with Gasteiger partial charge in [-0.15, -0.1) is 11.3 Å². The molecule has 0 bridgehead atoms. The summed E-state index contributed by atoms with van der Waals surface area (Å²) < 4.78 is 0. The number of hydrogen-bond donors (Lipinski definition) is 2. The van der Waals surface area contributed by atoms with Crippen LogP contribution in [-0.4, -0.2) is 42.9 Å². The fraction of sp³-hybridized carbons (Fsp3) is 0.455. The Balaban J connectivity index is 1.50. The van der Waals surface area contributed by atoms with Gasteiger partial charge in [0.05, 0.1) is 0 Å². The number of carbonyl (C=O) groups is 1. The van der Waals surface area contributed by atoms with E-state index >= 15 is 0 Å². The summed E-state index contributed by atoms with van der Waals surface area (Å²) in [6, 6.07) is 12.6. The van der Waals surface area contributed by atoms with Gasteiger partial charge in [0.1, 0.15) is 6.54 Å². The molecule has 1 amide bonds. The molecular formula is C22H30N4OS. The van der Waals surface area contributed by atoms with Gasteiger partial charge in [0, 0.05) is 31.1 Å². The van der Waals surface area contributed by atoms with Crippen molar-refractivity contribution in [3.05, 3.63) is 57.8 Å². The van der Waals surface area contributed by atoms with Crippen LogP contribution in [0.1, 0.15) is 29.9 Å². The van der Waals surface area contributed by atoms with Crippen LogP contribution < -0.4 is 10.6 Å². The molecule has 1 unspecified atom stereocenters. The second kappa shape index (κ2) is 10.3. The molecular weight excluding hydrogens is 368 g/mol. The van der Waals surface area contributed by atoms with Gasteiger partial charge in [-0.2, -0.15) is 0 Å². The first-order valence-electron chi connectivity index (χ1n) is 10.0. The number of carbonyl (C=O) groups excluding carboxylic acids is 1. The lowest BCUT2D eigenvalue weighted by molar-refractivity contribution is -0.130. The lowest BCUT2D eigenvalue weighted by Gasteiger charge is -2.28. The Morgan fingerprint density at radius 3 is 2.79 bits per heavy atom. The summed E-state index contributed by atoms with van der Waals surface area (Å²) in [5.74, 6) is 1.29. The van der Waals surface area contributed by atoms with Crippen molar-refractivity contribution in [2.24, 2.45) is 10.9 Å². The first-order chi connectivity index (χ1) is 13.7. The number of amides is 1. The molecule has 5 nitrogen and oxygen atoms in total. The van der Waals surface area contributed by atoms with Gasteiger partial charge in [-0.25, -0.2) is 4.99 Å². The Bertz CT molecular complexity index is 788. The number of nitrogens with zero attached hydrogens (tertiary/aromatic N) is 2. The number of fused-ring (bicyclic) bond motifs is 1. The van der Waals surface area contributed by atoms with Crippen molar-refractivity contribution >= 4 is 23.2 Å². The van der Waals surface area contributed by atoms with Crippen LogP contribution in [0.25, 0.3) is 0 Å². The van der Waals surface area contributed by atoms with Crippen molar-refractivity contribution < 1.29 is 4.79 Å². The monoisotopic (exact) mass is 398 g/mol. The number of benzene rings is 1. The largest absolute Gasteiger partial charge is 0.357 e. The van der Waals surface area contributed by atoms with Gasteiger partial charge in [0.15, 0.2) is 5.96 Å². The van der Waals surface area contributed by atoms with E-state index in [1.165, 1.54) is 16.0 Å². The molecule has 0 aliphatic carbocycles. The summed E-state index contributed by atoms with van der Waals surface area (Å²) in [4.78, 5) is 20.5. The van der Waals surface area contributed by atoms with Gasteiger partial charge in [0.2, 0.25) is 5.91 Å². The highest BCUT2D eigenvalue weighted by Crippen LogP contribution is 2.18. The summed E-state index contributed by atoms with van der Waals surface area (Å²) in [5, 5.41) is 8.74. The number of aliphatic imine (C=N–C) groups is 1. The van der Waals surface area contributed by atoms with Crippen LogP contribution in [0.15, 0.2) is 46.8 Å². The van der Waals surface area contributed by atoms with Crippen LogP contribution in [0.2, 0.25) is 0 Å². The van der Waals surface area contributed by atoms with E-state index in [0.29, 0.717) is 18.4 Å². The fourth-order valence-electron chi connectivity index (χ4n) is 3.41. The average molecular weight is 399 g/mol. The van der Waals surface area contributed by atoms with Gasteiger partial charge in [-0.3, -0.25) is 4.79 Å². The molecule has 150 valence electrons. The van der Waals surface area contributed by atoms with Crippen LogP contribution in [0.3, 0.4) is 0 Å². The molecule has 1 aliphatic rings. The molecule has 2 N–H and O–H groups in total. The molecule has 0 saturated heterocycles. The predicted octanol–water partition coefficient (Wildman–Crippen LogP) is 3.07. The van der Waals surface area contributed by atoms with E-state index in [2.05, 4.69) is 58.3 Å². The molecule has 1 atom stereocenters. The molecule has 6 heteroatoms. The SMILES string of the molecule is CCNC(=NCC(=O)N1CCc2ccccc2C1)NCC(C)Cc1cccs1. The maximum Gasteiger partial charge on any atom is 0.244 e. The molecule has 0 spiro atoms. The summed E-state index contributed by atoms with van der Waals surface area (Å²) in [6.45, 7) is 7.50. The molecule has 3 rings (SSSR count). The smallest absolute Gasteiger partial charge is 0.244 e. The molecule has 2 aromatic rings. The highest BCUT2D eigenvalue weighted by atomic mass is 32.1. The Kier molecular flexibility index (Phi) is 7.48. The number of guanidine groups is 1. The predicted molar refractivity (Wildman–Crippen MR) is 117 cm³/mol.